The second-order valence-corrected chi connectivity index (χ2v) is 9.49. The van der Waals surface area contributed by atoms with Crippen molar-refractivity contribution in [3.05, 3.63) is 0 Å². The van der Waals surface area contributed by atoms with Crippen molar-refractivity contribution in [2.75, 3.05) is 13.2 Å². The van der Waals surface area contributed by atoms with Crippen molar-refractivity contribution in [3.63, 3.8) is 0 Å². The van der Waals surface area contributed by atoms with Gasteiger partial charge in [-0.05, 0) is 66.2 Å². The van der Waals surface area contributed by atoms with Gasteiger partial charge in [-0.1, -0.05) is 19.3 Å². The first kappa shape index (κ1) is 26.8. The predicted octanol–water partition coefficient (Wildman–Crippen LogP) is 3.43. The van der Waals surface area contributed by atoms with E-state index >= 15 is 0 Å². The zero-order valence-electron chi connectivity index (χ0n) is 19.1. The standard InChI is InChI=1S/C22H39NO6S/c1-6-27-19(25)22(20(26)28-7-2,17(30)15-11-9-8-10-12-15)14-13-16(23)18(24)29-21(3,4)5/h15-17,30H,6-14,23H2,1-5H3. The molecule has 2 unspecified atom stereocenters. The first-order valence-corrected chi connectivity index (χ1v) is 11.5. The van der Waals surface area contributed by atoms with Crippen LogP contribution < -0.4 is 5.73 Å². The van der Waals surface area contributed by atoms with E-state index in [2.05, 4.69) is 0 Å². The fourth-order valence-corrected chi connectivity index (χ4v) is 4.57. The summed E-state index contributed by atoms with van der Waals surface area (Å²) in [5.41, 5.74) is 3.76. The summed E-state index contributed by atoms with van der Waals surface area (Å²) in [6, 6.07) is -0.973. The van der Waals surface area contributed by atoms with Gasteiger partial charge >= 0.3 is 17.9 Å². The maximum atomic E-state index is 13.1. The summed E-state index contributed by atoms with van der Waals surface area (Å²) in [5.74, 6) is -1.82. The summed E-state index contributed by atoms with van der Waals surface area (Å²) in [4.78, 5) is 38.6. The molecule has 0 aliphatic heterocycles. The fourth-order valence-electron chi connectivity index (χ4n) is 3.93. The highest BCUT2D eigenvalue weighted by atomic mass is 32.1. The van der Waals surface area contributed by atoms with Gasteiger partial charge in [-0.25, -0.2) is 0 Å². The van der Waals surface area contributed by atoms with Crippen molar-refractivity contribution in [2.24, 2.45) is 17.1 Å². The summed E-state index contributed by atoms with van der Waals surface area (Å²) in [5, 5.41) is -0.582. The van der Waals surface area contributed by atoms with Crippen LogP contribution in [0, 0.1) is 11.3 Å². The Balaban J connectivity index is 3.19. The van der Waals surface area contributed by atoms with Crippen LogP contribution in [0.3, 0.4) is 0 Å². The van der Waals surface area contributed by atoms with Crippen LogP contribution in [0.5, 0.6) is 0 Å². The Morgan fingerprint density at radius 3 is 1.93 bits per heavy atom. The highest BCUT2D eigenvalue weighted by Crippen LogP contribution is 2.44. The van der Waals surface area contributed by atoms with E-state index < -0.39 is 40.2 Å². The van der Waals surface area contributed by atoms with Gasteiger partial charge in [-0.2, -0.15) is 12.6 Å². The van der Waals surface area contributed by atoms with Crippen LogP contribution in [0.15, 0.2) is 0 Å². The molecule has 7 nitrogen and oxygen atoms in total. The lowest BCUT2D eigenvalue weighted by molar-refractivity contribution is -0.175. The Morgan fingerprint density at radius 2 is 1.50 bits per heavy atom. The van der Waals surface area contributed by atoms with Gasteiger partial charge < -0.3 is 19.9 Å². The molecule has 0 aromatic rings. The largest absolute Gasteiger partial charge is 0.465 e. The quantitative estimate of drug-likeness (QED) is 0.230. The number of ether oxygens (including phenoxy) is 3. The van der Waals surface area contributed by atoms with Crippen molar-refractivity contribution in [2.45, 2.75) is 96.5 Å². The normalized spacial score (nSPS) is 17.7. The van der Waals surface area contributed by atoms with Crippen molar-refractivity contribution in [1.29, 1.82) is 0 Å². The van der Waals surface area contributed by atoms with Gasteiger partial charge in [0.05, 0.1) is 13.2 Å². The molecule has 1 fully saturated rings. The first-order valence-electron chi connectivity index (χ1n) is 11.0. The number of hydrogen-bond acceptors (Lipinski definition) is 8. The van der Waals surface area contributed by atoms with Crippen LogP contribution in [0.25, 0.3) is 0 Å². The van der Waals surface area contributed by atoms with E-state index in [4.69, 9.17) is 32.6 Å². The number of thiol groups is 1. The summed E-state index contributed by atoms with van der Waals surface area (Å²) in [6.07, 6.45) is 5.04. The molecule has 0 aromatic carbocycles. The topological polar surface area (TPSA) is 105 Å². The number of rotatable bonds is 10. The predicted molar refractivity (Wildman–Crippen MR) is 118 cm³/mol. The minimum atomic E-state index is -1.61. The van der Waals surface area contributed by atoms with Crippen LogP contribution in [0.1, 0.15) is 79.6 Å². The zero-order chi connectivity index (χ0) is 22.9. The van der Waals surface area contributed by atoms with Crippen molar-refractivity contribution in [3.8, 4) is 0 Å². The number of esters is 3. The van der Waals surface area contributed by atoms with E-state index in [0.29, 0.717) is 0 Å². The van der Waals surface area contributed by atoms with Gasteiger partial charge in [-0.3, -0.25) is 14.4 Å². The molecule has 0 radical (unpaired) electrons. The molecule has 2 N–H and O–H groups in total. The van der Waals surface area contributed by atoms with Gasteiger partial charge in [0.1, 0.15) is 11.6 Å². The lowest BCUT2D eigenvalue weighted by atomic mass is 9.70. The molecule has 1 saturated carbocycles. The van der Waals surface area contributed by atoms with E-state index in [1.807, 2.05) is 0 Å². The molecule has 0 aromatic heterocycles. The molecular formula is C22H39NO6S. The summed E-state index contributed by atoms with van der Waals surface area (Å²) in [7, 11) is 0. The zero-order valence-corrected chi connectivity index (χ0v) is 20.0. The van der Waals surface area contributed by atoms with Crippen LogP contribution in [-0.4, -0.2) is 48.0 Å². The SMILES string of the molecule is CCOC(=O)C(CCC(N)C(=O)OC(C)(C)C)(C(=O)OCC)C(S)C1CCCCC1. The monoisotopic (exact) mass is 445 g/mol. The van der Waals surface area contributed by atoms with Gasteiger partial charge in [-0.15, -0.1) is 0 Å². The third kappa shape index (κ3) is 7.15. The maximum Gasteiger partial charge on any atom is 0.324 e. The molecule has 0 bridgehead atoms. The Bertz CT molecular complexity index is 565. The van der Waals surface area contributed by atoms with Gasteiger partial charge in [0.15, 0.2) is 5.41 Å². The summed E-state index contributed by atoms with van der Waals surface area (Å²) in [6.45, 7) is 8.90. The highest BCUT2D eigenvalue weighted by molar-refractivity contribution is 7.81. The molecule has 2 atom stereocenters. The van der Waals surface area contributed by atoms with Gasteiger partial charge in [0.2, 0.25) is 0 Å². The molecule has 1 rings (SSSR count). The van der Waals surface area contributed by atoms with E-state index in [-0.39, 0.29) is 32.0 Å². The Labute approximate surface area is 186 Å². The van der Waals surface area contributed by atoms with Crippen molar-refractivity contribution >= 4 is 30.5 Å². The van der Waals surface area contributed by atoms with E-state index in [9.17, 15) is 14.4 Å². The summed E-state index contributed by atoms with van der Waals surface area (Å²) >= 11 is 4.78. The second kappa shape index (κ2) is 11.9. The lowest BCUT2D eigenvalue weighted by Gasteiger charge is -2.39. The lowest BCUT2D eigenvalue weighted by Crippen LogP contribution is -2.52. The molecule has 1 aliphatic rings. The molecule has 174 valence electrons. The van der Waals surface area contributed by atoms with E-state index in [1.54, 1.807) is 34.6 Å². The fraction of sp³-hybridized carbons (Fsp3) is 0.864. The third-order valence-corrected chi connectivity index (χ3v) is 6.30. The maximum absolute atomic E-state index is 13.1. The minimum Gasteiger partial charge on any atom is -0.465 e. The van der Waals surface area contributed by atoms with Crippen molar-refractivity contribution < 1.29 is 28.6 Å². The smallest absolute Gasteiger partial charge is 0.324 e. The number of nitrogens with two attached hydrogens (primary N) is 1. The Hall–Kier alpha value is -1.28. The van der Waals surface area contributed by atoms with Crippen LogP contribution >= 0.6 is 12.6 Å². The highest BCUT2D eigenvalue weighted by Gasteiger charge is 2.55. The third-order valence-electron chi connectivity index (χ3n) is 5.44. The Morgan fingerprint density at radius 1 is 1.00 bits per heavy atom. The van der Waals surface area contributed by atoms with Gasteiger partial charge in [0, 0.05) is 5.25 Å². The molecule has 0 spiro atoms. The molecular weight excluding hydrogens is 406 g/mol. The number of hydrogen-bond donors (Lipinski definition) is 2. The average Bonchev–Trinajstić information content (AvgIpc) is 2.67. The molecule has 0 saturated heterocycles. The Kier molecular flexibility index (Phi) is 10.6. The molecule has 8 heteroatoms. The second-order valence-electron chi connectivity index (χ2n) is 8.93. The molecule has 1 aliphatic carbocycles. The molecule has 0 heterocycles. The van der Waals surface area contributed by atoms with Gasteiger partial charge in [0.25, 0.3) is 0 Å². The first-order chi connectivity index (χ1) is 14.0. The van der Waals surface area contributed by atoms with Crippen molar-refractivity contribution in [1.82, 2.24) is 0 Å². The van der Waals surface area contributed by atoms with E-state index in [1.165, 1.54) is 0 Å². The average molecular weight is 446 g/mol. The van der Waals surface area contributed by atoms with Crippen LogP contribution in [-0.2, 0) is 28.6 Å². The van der Waals surface area contributed by atoms with Crippen LogP contribution in [0.2, 0.25) is 0 Å². The summed E-state index contributed by atoms with van der Waals surface area (Å²) < 4.78 is 16.0. The number of carbonyl (C=O) groups excluding carboxylic acids is 3. The minimum absolute atomic E-state index is 0.00967. The number of carbonyl (C=O) groups is 3. The molecule has 0 amide bonds. The van der Waals surface area contributed by atoms with E-state index in [0.717, 1.165) is 32.1 Å². The van der Waals surface area contributed by atoms with Crippen LogP contribution in [0.4, 0.5) is 0 Å². The molecule has 30 heavy (non-hydrogen) atoms.